The van der Waals surface area contributed by atoms with E-state index in [1.165, 1.54) is 32.9 Å². The summed E-state index contributed by atoms with van der Waals surface area (Å²) in [4.78, 5) is 46.6. The standard InChI is InChI=1S/C18H28N2O4S.C12H24N2O2/c1-13(2)12-18(15(4)22)20-17(14(3)21)10-11-19-25(23,24)16-8-6-5-7-9-16;1-8(2)7-12(10(4)16)14-11(5-6-13)9(3)15/h5-9,13,17-20H,10-12H2,1-4H3;8,11-12,14H,5-7,13H2,1-4H3/t17-,18-;11-,12-/m00/s1. The maximum Gasteiger partial charge on any atom is 0.240 e. The van der Waals surface area contributed by atoms with Gasteiger partial charge < -0.3 is 5.73 Å². The van der Waals surface area contributed by atoms with Crippen molar-refractivity contribution in [2.75, 3.05) is 13.1 Å². The minimum Gasteiger partial charge on any atom is -0.330 e. The number of sulfonamides is 1. The lowest BCUT2D eigenvalue weighted by atomic mass is 9.98. The molecule has 4 atom stereocenters. The summed E-state index contributed by atoms with van der Waals surface area (Å²) in [6, 6.07) is 6.57. The van der Waals surface area contributed by atoms with E-state index in [2.05, 4.69) is 29.2 Å². The first-order valence-corrected chi connectivity index (χ1v) is 15.8. The Balaban J connectivity index is 0.000000865. The van der Waals surface area contributed by atoms with Crippen molar-refractivity contribution < 1.29 is 27.6 Å². The molecule has 0 aliphatic heterocycles. The summed E-state index contributed by atoms with van der Waals surface area (Å²) >= 11 is 0. The molecule has 0 radical (unpaired) electrons. The van der Waals surface area contributed by atoms with Crippen LogP contribution in [0.25, 0.3) is 0 Å². The fraction of sp³-hybridized carbons (Fsp3) is 0.667. The molecule has 11 heteroatoms. The van der Waals surface area contributed by atoms with Crippen LogP contribution in [-0.4, -0.2) is 68.8 Å². The van der Waals surface area contributed by atoms with Gasteiger partial charge in [-0.15, -0.1) is 0 Å². The first kappa shape index (κ1) is 38.7. The van der Waals surface area contributed by atoms with Crippen LogP contribution in [0.4, 0.5) is 0 Å². The van der Waals surface area contributed by atoms with Crippen molar-refractivity contribution in [1.82, 2.24) is 15.4 Å². The molecule has 0 unspecified atom stereocenters. The Bertz CT molecular complexity index is 1060. The lowest BCUT2D eigenvalue weighted by Gasteiger charge is -2.24. The van der Waals surface area contributed by atoms with Crippen LogP contribution in [0.5, 0.6) is 0 Å². The van der Waals surface area contributed by atoms with E-state index in [-0.39, 0.29) is 53.1 Å². The van der Waals surface area contributed by atoms with Crippen molar-refractivity contribution in [3.8, 4) is 0 Å². The smallest absolute Gasteiger partial charge is 0.240 e. The largest absolute Gasteiger partial charge is 0.330 e. The van der Waals surface area contributed by atoms with Crippen molar-refractivity contribution >= 4 is 33.2 Å². The summed E-state index contributed by atoms with van der Waals surface area (Å²) in [6.45, 7) is 14.7. The number of nitrogens with two attached hydrogens (primary N) is 1. The second-order valence-corrected chi connectivity index (χ2v) is 13.1. The molecule has 0 spiro atoms. The van der Waals surface area contributed by atoms with Gasteiger partial charge in [0.05, 0.1) is 29.1 Å². The minimum absolute atomic E-state index is 0.0233. The Labute approximate surface area is 247 Å². The monoisotopic (exact) mass is 596 g/mol. The molecule has 1 rings (SSSR count). The van der Waals surface area contributed by atoms with Gasteiger partial charge in [-0.3, -0.25) is 29.8 Å². The number of nitrogens with one attached hydrogen (secondary N) is 3. The van der Waals surface area contributed by atoms with Crippen LogP contribution in [0.1, 0.15) is 81.1 Å². The molecule has 0 bridgehead atoms. The molecule has 0 aliphatic rings. The molecule has 41 heavy (non-hydrogen) atoms. The SMILES string of the molecule is CC(=O)[C@H](CCN)N[C@@H](CC(C)C)C(C)=O.CC(=O)[C@H](CCNS(=O)(=O)c1ccccc1)N[C@@H](CC(C)C)C(C)=O. The molecule has 1 aromatic carbocycles. The van der Waals surface area contributed by atoms with Gasteiger partial charge >= 0.3 is 0 Å². The van der Waals surface area contributed by atoms with Crippen molar-refractivity contribution in [3.05, 3.63) is 30.3 Å². The van der Waals surface area contributed by atoms with Gasteiger partial charge in [0.2, 0.25) is 10.0 Å². The molecule has 1 aromatic rings. The Morgan fingerprint density at radius 3 is 1.41 bits per heavy atom. The highest BCUT2D eigenvalue weighted by molar-refractivity contribution is 7.89. The van der Waals surface area contributed by atoms with Gasteiger partial charge in [-0.05, 0) is 83.9 Å². The normalized spacial score (nSPS) is 14.5. The van der Waals surface area contributed by atoms with Gasteiger partial charge in [0.1, 0.15) is 23.1 Å². The lowest BCUT2D eigenvalue weighted by Crippen LogP contribution is -2.47. The number of carbonyl (C=O) groups is 4. The number of hydrogen-bond acceptors (Lipinski definition) is 9. The number of hydrogen-bond donors (Lipinski definition) is 4. The summed E-state index contributed by atoms with van der Waals surface area (Å²) in [5.41, 5.74) is 5.44. The zero-order chi connectivity index (χ0) is 31.8. The van der Waals surface area contributed by atoms with Gasteiger partial charge in [0, 0.05) is 6.54 Å². The van der Waals surface area contributed by atoms with Crippen LogP contribution in [0.15, 0.2) is 35.2 Å². The van der Waals surface area contributed by atoms with E-state index in [4.69, 9.17) is 5.73 Å². The van der Waals surface area contributed by atoms with E-state index in [0.29, 0.717) is 31.2 Å². The maximum atomic E-state index is 12.2. The zero-order valence-electron chi connectivity index (χ0n) is 26.0. The number of rotatable bonds is 19. The number of ketones is 4. The fourth-order valence-electron chi connectivity index (χ4n) is 4.13. The molecular weight excluding hydrogens is 544 g/mol. The second kappa shape index (κ2) is 19.7. The van der Waals surface area contributed by atoms with E-state index in [9.17, 15) is 27.6 Å². The van der Waals surface area contributed by atoms with Crippen LogP contribution in [0, 0.1) is 11.8 Å². The quantitative estimate of drug-likeness (QED) is 0.188. The Morgan fingerprint density at radius 1 is 0.683 bits per heavy atom. The summed E-state index contributed by atoms with van der Waals surface area (Å²) in [6.07, 6.45) is 2.25. The molecule has 0 aromatic heterocycles. The summed E-state index contributed by atoms with van der Waals surface area (Å²) in [7, 11) is -3.60. The minimum atomic E-state index is -3.60. The van der Waals surface area contributed by atoms with Gasteiger partial charge in [-0.2, -0.15) is 0 Å². The zero-order valence-corrected chi connectivity index (χ0v) is 26.8. The molecule has 0 fully saturated rings. The fourth-order valence-corrected chi connectivity index (χ4v) is 5.20. The molecule has 234 valence electrons. The maximum absolute atomic E-state index is 12.2. The highest BCUT2D eigenvalue weighted by Gasteiger charge is 2.24. The Morgan fingerprint density at radius 2 is 1.07 bits per heavy atom. The van der Waals surface area contributed by atoms with E-state index in [0.717, 1.165) is 6.42 Å². The van der Waals surface area contributed by atoms with Crippen LogP contribution >= 0.6 is 0 Å². The molecule has 0 heterocycles. The van der Waals surface area contributed by atoms with Gasteiger partial charge in [-0.25, -0.2) is 13.1 Å². The first-order chi connectivity index (χ1) is 19.0. The molecule has 0 amide bonds. The highest BCUT2D eigenvalue weighted by atomic mass is 32.2. The van der Waals surface area contributed by atoms with Crippen molar-refractivity contribution in [3.63, 3.8) is 0 Å². The third-order valence-electron chi connectivity index (χ3n) is 6.42. The molecule has 0 saturated carbocycles. The highest BCUT2D eigenvalue weighted by Crippen LogP contribution is 2.10. The van der Waals surface area contributed by atoms with Crippen molar-refractivity contribution in [1.29, 1.82) is 0 Å². The topological polar surface area (TPSA) is 165 Å². The van der Waals surface area contributed by atoms with Gasteiger partial charge in [0.15, 0.2) is 0 Å². The summed E-state index contributed by atoms with van der Waals surface area (Å²) in [5, 5.41) is 6.18. The van der Waals surface area contributed by atoms with Crippen molar-refractivity contribution in [2.45, 2.75) is 110 Å². The summed E-state index contributed by atoms with van der Waals surface area (Å²) < 4.78 is 26.9. The number of carbonyl (C=O) groups excluding carboxylic acids is 4. The van der Waals surface area contributed by atoms with E-state index in [1.807, 2.05) is 13.8 Å². The van der Waals surface area contributed by atoms with Crippen LogP contribution < -0.4 is 21.1 Å². The predicted molar refractivity (Wildman–Crippen MR) is 163 cm³/mol. The van der Waals surface area contributed by atoms with E-state index in [1.54, 1.807) is 25.1 Å². The third-order valence-corrected chi connectivity index (χ3v) is 7.89. The van der Waals surface area contributed by atoms with E-state index >= 15 is 0 Å². The first-order valence-electron chi connectivity index (χ1n) is 14.3. The lowest BCUT2D eigenvalue weighted by molar-refractivity contribution is -0.123. The van der Waals surface area contributed by atoms with E-state index < -0.39 is 22.1 Å². The average molecular weight is 597 g/mol. The Hall–Kier alpha value is -2.31. The van der Waals surface area contributed by atoms with Crippen molar-refractivity contribution in [2.24, 2.45) is 17.6 Å². The number of Topliss-reactive ketones (excluding diaryl/α,β-unsaturated/α-hetero) is 4. The molecular formula is C30H52N4O6S. The van der Waals surface area contributed by atoms with Crippen LogP contribution in [-0.2, 0) is 29.2 Å². The Kier molecular flexibility index (Phi) is 18.6. The average Bonchev–Trinajstić information content (AvgIpc) is 2.86. The molecule has 10 nitrogen and oxygen atoms in total. The third kappa shape index (κ3) is 16.7. The van der Waals surface area contributed by atoms with Crippen LogP contribution in [0.2, 0.25) is 0 Å². The molecule has 5 N–H and O–H groups in total. The molecule has 0 aliphatic carbocycles. The predicted octanol–water partition coefficient (Wildman–Crippen LogP) is 2.79. The van der Waals surface area contributed by atoms with Crippen LogP contribution in [0.3, 0.4) is 0 Å². The summed E-state index contributed by atoms with van der Waals surface area (Å²) in [5.74, 6) is 0.716. The number of benzene rings is 1. The molecule has 0 saturated heterocycles. The second-order valence-electron chi connectivity index (χ2n) is 11.3. The van der Waals surface area contributed by atoms with Gasteiger partial charge in [0.25, 0.3) is 0 Å². The van der Waals surface area contributed by atoms with Gasteiger partial charge in [-0.1, -0.05) is 45.9 Å².